The normalized spacial score (nSPS) is 13.6. The Kier molecular flexibility index (Phi) is 5.47. The van der Waals surface area contributed by atoms with Gasteiger partial charge in [-0.1, -0.05) is 0 Å². The molecule has 0 saturated carbocycles. The zero-order valence-corrected chi connectivity index (χ0v) is 10.3. The molecule has 0 radical (unpaired) electrons. The van der Waals surface area contributed by atoms with E-state index in [4.69, 9.17) is 5.73 Å². The zero-order valence-electron chi connectivity index (χ0n) is 8.50. The van der Waals surface area contributed by atoms with Gasteiger partial charge in [0.2, 0.25) is 5.52 Å². The molecule has 0 aliphatic rings. The molecule has 0 heterocycles. The van der Waals surface area contributed by atoms with E-state index in [0.717, 1.165) is 28.4 Å². The second-order valence-corrected chi connectivity index (χ2v) is 7.36. The molecule has 0 atom stereocenters. The summed E-state index contributed by atoms with van der Waals surface area (Å²) in [4.78, 5) is 0. The summed E-state index contributed by atoms with van der Waals surface area (Å²) < 4.78 is 41.7. The van der Waals surface area contributed by atoms with Gasteiger partial charge < -0.3 is 23.8 Å². The maximum atomic E-state index is 11.7. The van der Waals surface area contributed by atoms with Crippen LogP contribution in [0.25, 0.3) is 0 Å². The minimum atomic E-state index is -3.66. The van der Waals surface area contributed by atoms with Crippen LogP contribution in [0.4, 0.5) is 0 Å². The van der Waals surface area contributed by atoms with Gasteiger partial charge in [-0.05, 0) is 0 Å². The molecule has 0 saturated heterocycles. The van der Waals surface area contributed by atoms with Crippen molar-refractivity contribution in [1.29, 1.82) is 0 Å². The summed E-state index contributed by atoms with van der Waals surface area (Å²) in [5, 5.41) is 0. The van der Waals surface area contributed by atoms with E-state index in [1.807, 2.05) is 0 Å². The fraction of sp³-hybridized carbons (Fsp3) is 1.00. The van der Waals surface area contributed by atoms with Crippen molar-refractivity contribution in [2.24, 2.45) is 5.73 Å². The topological polar surface area (TPSA) is 97.1 Å². The summed E-state index contributed by atoms with van der Waals surface area (Å²) in [5.41, 5.74) is 3.99. The molecular weight excluding hydrogens is 232 g/mol. The van der Waals surface area contributed by atoms with Crippen LogP contribution in [0.15, 0.2) is 0 Å². The van der Waals surface area contributed by atoms with Crippen molar-refractivity contribution < 1.29 is 27.2 Å². The van der Waals surface area contributed by atoms with E-state index in [1.54, 1.807) is 0 Å². The third kappa shape index (κ3) is 2.64. The highest BCUT2D eigenvalue weighted by molar-refractivity contribution is 7.72. The molecule has 0 bridgehead atoms. The average molecular weight is 247 g/mol. The highest BCUT2D eigenvalue weighted by Crippen LogP contribution is 2.66. The Morgan fingerprint density at radius 3 is 1.21 bits per heavy atom. The van der Waals surface area contributed by atoms with Crippen LogP contribution in [-0.4, -0.2) is 34.0 Å². The Balaban J connectivity index is 5.01. The van der Waals surface area contributed by atoms with Crippen molar-refractivity contribution >= 4 is 15.2 Å². The zero-order chi connectivity index (χ0) is 11.4. The van der Waals surface area contributed by atoms with E-state index >= 15 is 0 Å². The standard InChI is InChI=1S/C5H15NO6P2/c1-9-13(7,10-2)5(6)14(8,11-3)12-4/h5H,6H2,1-4H3. The lowest BCUT2D eigenvalue weighted by Gasteiger charge is -2.25. The van der Waals surface area contributed by atoms with Gasteiger partial charge in [-0.3, -0.25) is 9.13 Å². The van der Waals surface area contributed by atoms with Crippen LogP contribution in [-0.2, 0) is 27.2 Å². The van der Waals surface area contributed by atoms with Gasteiger partial charge in [0.05, 0.1) is 0 Å². The van der Waals surface area contributed by atoms with Gasteiger partial charge in [-0.15, -0.1) is 0 Å². The Hall–Kier alpha value is 0.260. The van der Waals surface area contributed by atoms with Crippen molar-refractivity contribution in [3.8, 4) is 0 Å². The van der Waals surface area contributed by atoms with Gasteiger partial charge in [0, 0.05) is 28.4 Å². The third-order valence-corrected chi connectivity index (χ3v) is 6.69. The molecule has 0 spiro atoms. The Morgan fingerprint density at radius 1 is 0.857 bits per heavy atom. The lowest BCUT2D eigenvalue weighted by atomic mass is 11.5. The third-order valence-electron chi connectivity index (χ3n) is 1.67. The molecule has 0 rings (SSSR count). The first-order valence-corrected chi connectivity index (χ1v) is 6.80. The van der Waals surface area contributed by atoms with E-state index in [1.165, 1.54) is 0 Å². The van der Waals surface area contributed by atoms with E-state index < -0.39 is 20.7 Å². The van der Waals surface area contributed by atoms with Crippen LogP contribution in [0.3, 0.4) is 0 Å². The lowest BCUT2D eigenvalue weighted by Crippen LogP contribution is -2.23. The van der Waals surface area contributed by atoms with E-state index in [-0.39, 0.29) is 0 Å². The van der Waals surface area contributed by atoms with E-state index in [9.17, 15) is 9.13 Å². The van der Waals surface area contributed by atoms with Gasteiger partial charge in [0.1, 0.15) is 0 Å². The van der Waals surface area contributed by atoms with Gasteiger partial charge in [0.15, 0.2) is 0 Å². The Labute approximate surface area is 82.9 Å². The molecule has 0 aromatic heterocycles. The van der Waals surface area contributed by atoms with Crippen LogP contribution in [0, 0.1) is 0 Å². The maximum Gasteiger partial charge on any atom is 0.359 e. The summed E-state index contributed by atoms with van der Waals surface area (Å²) in [6.45, 7) is 0. The fourth-order valence-electron chi connectivity index (χ4n) is 0.754. The summed E-state index contributed by atoms with van der Waals surface area (Å²) in [6.07, 6.45) is 0. The largest absolute Gasteiger partial charge is 0.359 e. The Bertz CT molecular complexity index is 227. The van der Waals surface area contributed by atoms with Crippen molar-refractivity contribution in [2.75, 3.05) is 28.4 Å². The van der Waals surface area contributed by atoms with Crippen LogP contribution in [0.2, 0.25) is 0 Å². The van der Waals surface area contributed by atoms with Gasteiger partial charge in [0.25, 0.3) is 0 Å². The first kappa shape index (κ1) is 14.3. The molecule has 0 aliphatic carbocycles. The molecule has 86 valence electrons. The number of rotatable bonds is 6. The molecule has 0 aromatic rings. The van der Waals surface area contributed by atoms with Crippen molar-refractivity contribution in [3.05, 3.63) is 0 Å². The SMILES string of the molecule is COP(=O)(OC)C(N)P(=O)(OC)OC. The fourth-order valence-corrected chi connectivity index (χ4v) is 4.43. The summed E-state index contributed by atoms with van der Waals surface area (Å²) >= 11 is 0. The number of hydrogen-bond donors (Lipinski definition) is 1. The molecule has 0 aliphatic heterocycles. The molecule has 2 N–H and O–H groups in total. The number of nitrogens with two attached hydrogens (primary N) is 1. The quantitative estimate of drug-likeness (QED) is 0.704. The first-order chi connectivity index (χ1) is 6.40. The highest BCUT2D eigenvalue weighted by Gasteiger charge is 2.46. The summed E-state index contributed by atoms with van der Waals surface area (Å²) in [6, 6.07) is 0. The molecule has 14 heavy (non-hydrogen) atoms. The van der Waals surface area contributed by atoms with Crippen LogP contribution in [0.5, 0.6) is 0 Å². The van der Waals surface area contributed by atoms with Gasteiger partial charge >= 0.3 is 15.2 Å². The first-order valence-electron chi connectivity index (χ1n) is 3.58. The van der Waals surface area contributed by atoms with Crippen molar-refractivity contribution in [1.82, 2.24) is 0 Å². The highest BCUT2D eigenvalue weighted by atomic mass is 31.2. The van der Waals surface area contributed by atoms with E-state index in [2.05, 4.69) is 18.1 Å². The molecule has 0 amide bonds. The minimum Gasteiger partial charge on any atom is -0.310 e. The average Bonchev–Trinajstić information content (AvgIpc) is 2.25. The van der Waals surface area contributed by atoms with Crippen LogP contribution >= 0.6 is 15.2 Å². The Morgan fingerprint density at radius 2 is 1.07 bits per heavy atom. The molecule has 0 aromatic carbocycles. The molecule has 7 nitrogen and oxygen atoms in total. The maximum absolute atomic E-state index is 11.7. The second-order valence-electron chi connectivity index (χ2n) is 2.22. The predicted molar refractivity (Wildman–Crippen MR) is 51.2 cm³/mol. The summed E-state index contributed by atoms with van der Waals surface area (Å²) in [5.74, 6) is 0. The van der Waals surface area contributed by atoms with Crippen LogP contribution in [0.1, 0.15) is 0 Å². The molecule has 0 fully saturated rings. The minimum absolute atomic E-state index is 1.14. The molecule has 9 heteroatoms. The molecular formula is C5H15NO6P2. The van der Waals surface area contributed by atoms with E-state index in [0.29, 0.717) is 0 Å². The predicted octanol–water partition coefficient (Wildman–Crippen LogP) is 1.20. The number of hydrogen-bond acceptors (Lipinski definition) is 7. The van der Waals surface area contributed by atoms with Crippen LogP contribution < -0.4 is 5.73 Å². The van der Waals surface area contributed by atoms with Crippen molar-refractivity contribution in [2.45, 2.75) is 5.52 Å². The van der Waals surface area contributed by atoms with Crippen molar-refractivity contribution in [3.63, 3.8) is 0 Å². The monoisotopic (exact) mass is 247 g/mol. The second kappa shape index (κ2) is 5.37. The van der Waals surface area contributed by atoms with Gasteiger partial charge in [-0.2, -0.15) is 0 Å². The molecule has 0 unspecified atom stereocenters. The lowest BCUT2D eigenvalue weighted by molar-refractivity contribution is 0.247. The summed E-state index contributed by atoms with van der Waals surface area (Å²) in [7, 11) is -2.77. The van der Waals surface area contributed by atoms with Gasteiger partial charge in [-0.25, -0.2) is 0 Å². The smallest absolute Gasteiger partial charge is 0.310 e.